The number of pyridine rings is 1. The Kier molecular flexibility index (Phi) is 6.80. The van der Waals surface area contributed by atoms with Gasteiger partial charge in [0, 0.05) is 36.2 Å². The molecule has 6 heteroatoms. The van der Waals surface area contributed by atoms with Crippen molar-refractivity contribution >= 4 is 11.7 Å². The summed E-state index contributed by atoms with van der Waals surface area (Å²) in [6.07, 6.45) is 2.38. The number of carbonyl (C=O) groups excluding carboxylic acids is 1. The van der Waals surface area contributed by atoms with E-state index in [9.17, 15) is 4.79 Å². The zero-order chi connectivity index (χ0) is 16.7. The van der Waals surface area contributed by atoms with Gasteiger partial charge in [0.15, 0.2) is 0 Å². The first-order valence-electron chi connectivity index (χ1n) is 8.52. The van der Waals surface area contributed by atoms with E-state index in [0.29, 0.717) is 12.6 Å². The number of aryl methyl sites for hydroxylation is 2. The van der Waals surface area contributed by atoms with Crippen molar-refractivity contribution in [3.05, 3.63) is 23.5 Å². The van der Waals surface area contributed by atoms with Crippen LogP contribution >= 0.6 is 0 Å². The van der Waals surface area contributed by atoms with Crippen molar-refractivity contribution in [3.63, 3.8) is 0 Å². The summed E-state index contributed by atoms with van der Waals surface area (Å²) >= 11 is 0. The average molecular weight is 319 g/mol. The molecule has 2 amide bonds. The molecule has 23 heavy (non-hydrogen) atoms. The molecule has 0 bridgehead atoms. The Bertz CT molecular complexity index is 491. The van der Waals surface area contributed by atoms with Gasteiger partial charge in [0.05, 0.1) is 0 Å². The molecule has 0 unspecified atom stereocenters. The summed E-state index contributed by atoms with van der Waals surface area (Å²) < 4.78 is 0. The number of urea groups is 1. The van der Waals surface area contributed by atoms with Gasteiger partial charge >= 0.3 is 6.03 Å². The van der Waals surface area contributed by atoms with Crippen LogP contribution in [0.5, 0.6) is 0 Å². The highest BCUT2D eigenvalue weighted by atomic mass is 16.2. The van der Waals surface area contributed by atoms with Gasteiger partial charge in [-0.3, -0.25) is 4.98 Å². The van der Waals surface area contributed by atoms with E-state index in [1.54, 1.807) is 0 Å². The van der Waals surface area contributed by atoms with Crippen molar-refractivity contribution in [1.29, 1.82) is 0 Å². The fourth-order valence-corrected chi connectivity index (χ4v) is 3.06. The summed E-state index contributed by atoms with van der Waals surface area (Å²) in [5.74, 6) is 0. The van der Waals surface area contributed by atoms with Gasteiger partial charge in [-0.2, -0.15) is 0 Å². The fraction of sp³-hybridized carbons (Fsp3) is 0.647. The molecule has 1 aliphatic heterocycles. The lowest BCUT2D eigenvalue weighted by atomic mass is 10.1. The zero-order valence-electron chi connectivity index (χ0n) is 14.5. The molecule has 3 N–H and O–H groups in total. The van der Waals surface area contributed by atoms with Gasteiger partial charge in [-0.15, -0.1) is 0 Å². The van der Waals surface area contributed by atoms with Crippen LogP contribution in [0.2, 0.25) is 0 Å². The quantitative estimate of drug-likeness (QED) is 0.749. The molecule has 1 fully saturated rings. The molecule has 2 rings (SSSR count). The highest BCUT2D eigenvalue weighted by molar-refractivity contribution is 5.89. The van der Waals surface area contributed by atoms with E-state index in [4.69, 9.17) is 0 Å². The summed E-state index contributed by atoms with van der Waals surface area (Å²) in [5, 5.41) is 9.30. The predicted octanol–water partition coefficient (Wildman–Crippen LogP) is 1.89. The maximum Gasteiger partial charge on any atom is 0.319 e. The van der Waals surface area contributed by atoms with Crippen LogP contribution in [-0.2, 0) is 0 Å². The smallest absolute Gasteiger partial charge is 0.319 e. The molecule has 1 saturated heterocycles. The van der Waals surface area contributed by atoms with E-state index in [1.807, 2.05) is 26.0 Å². The van der Waals surface area contributed by atoms with Gasteiger partial charge in [-0.1, -0.05) is 6.92 Å². The summed E-state index contributed by atoms with van der Waals surface area (Å²) in [4.78, 5) is 18.7. The van der Waals surface area contributed by atoms with Gasteiger partial charge in [-0.25, -0.2) is 4.79 Å². The average Bonchev–Trinajstić information content (AvgIpc) is 2.48. The van der Waals surface area contributed by atoms with Crippen molar-refractivity contribution in [3.8, 4) is 0 Å². The molecule has 0 saturated carbocycles. The Hall–Kier alpha value is -1.66. The van der Waals surface area contributed by atoms with Crippen LogP contribution < -0.4 is 16.0 Å². The van der Waals surface area contributed by atoms with Gasteiger partial charge in [0.1, 0.15) is 0 Å². The van der Waals surface area contributed by atoms with Crippen LogP contribution in [0.15, 0.2) is 12.1 Å². The van der Waals surface area contributed by atoms with Crippen LogP contribution in [0, 0.1) is 13.8 Å². The Morgan fingerprint density at radius 1 is 1.26 bits per heavy atom. The number of nitrogens with zero attached hydrogens (tertiary/aromatic N) is 2. The van der Waals surface area contributed by atoms with Gasteiger partial charge in [-0.05, 0) is 58.5 Å². The molecular formula is C17H29N5O. The number of hydrogen-bond acceptors (Lipinski definition) is 4. The first-order chi connectivity index (χ1) is 11.1. The lowest BCUT2D eigenvalue weighted by Gasteiger charge is -2.32. The van der Waals surface area contributed by atoms with Gasteiger partial charge < -0.3 is 20.9 Å². The molecule has 1 aromatic rings. The number of carbonyl (C=O) groups is 1. The molecule has 2 heterocycles. The summed E-state index contributed by atoms with van der Waals surface area (Å²) in [7, 11) is 0. The second kappa shape index (κ2) is 8.84. The first kappa shape index (κ1) is 17.7. The molecule has 0 aromatic carbocycles. The third-order valence-corrected chi connectivity index (χ3v) is 4.13. The maximum absolute atomic E-state index is 11.9. The van der Waals surface area contributed by atoms with Crippen molar-refractivity contribution in [2.24, 2.45) is 0 Å². The van der Waals surface area contributed by atoms with Crippen molar-refractivity contribution in [2.45, 2.75) is 39.7 Å². The predicted molar refractivity (Wildman–Crippen MR) is 93.9 cm³/mol. The van der Waals surface area contributed by atoms with Crippen molar-refractivity contribution in [1.82, 2.24) is 20.5 Å². The van der Waals surface area contributed by atoms with Crippen molar-refractivity contribution < 1.29 is 4.79 Å². The molecule has 1 aliphatic rings. The normalized spacial score (nSPS) is 16.3. The Morgan fingerprint density at radius 2 is 1.91 bits per heavy atom. The molecule has 0 atom stereocenters. The lowest BCUT2D eigenvalue weighted by Crippen LogP contribution is -2.45. The standard InChI is InChI=1S/C17H29N5O/c1-4-18-15-5-8-22(9-6-15)10-7-19-17(23)21-16-11-13(2)20-14(3)12-16/h11-12,15,18H,4-10H2,1-3H3,(H2,19,20,21,23). The highest BCUT2D eigenvalue weighted by Gasteiger charge is 2.17. The molecule has 0 aliphatic carbocycles. The molecular weight excluding hydrogens is 290 g/mol. The number of rotatable bonds is 6. The number of hydrogen-bond donors (Lipinski definition) is 3. The number of aromatic nitrogens is 1. The summed E-state index contributed by atoms with van der Waals surface area (Å²) in [5.41, 5.74) is 2.60. The Labute approximate surface area is 139 Å². The maximum atomic E-state index is 11.9. The Balaban J connectivity index is 1.65. The number of anilines is 1. The topological polar surface area (TPSA) is 69.3 Å². The monoisotopic (exact) mass is 319 g/mol. The van der Waals surface area contributed by atoms with Crippen LogP contribution in [-0.4, -0.2) is 54.7 Å². The lowest BCUT2D eigenvalue weighted by molar-refractivity contribution is 0.199. The fourth-order valence-electron chi connectivity index (χ4n) is 3.06. The minimum atomic E-state index is -0.155. The number of amides is 2. The second-order valence-electron chi connectivity index (χ2n) is 6.19. The third kappa shape index (κ3) is 6.15. The molecule has 6 nitrogen and oxygen atoms in total. The minimum absolute atomic E-state index is 0.155. The number of nitrogens with one attached hydrogen (secondary N) is 3. The van der Waals surface area contributed by atoms with E-state index < -0.39 is 0 Å². The highest BCUT2D eigenvalue weighted by Crippen LogP contribution is 2.11. The van der Waals surface area contributed by atoms with Crippen LogP contribution in [0.4, 0.5) is 10.5 Å². The minimum Gasteiger partial charge on any atom is -0.337 e. The molecule has 0 radical (unpaired) electrons. The first-order valence-corrected chi connectivity index (χ1v) is 8.52. The summed E-state index contributed by atoms with van der Waals surface area (Å²) in [6.45, 7) is 10.8. The number of likely N-dealkylation sites (tertiary alicyclic amines) is 1. The van der Waals surface area contributed by atoms with Crippen LogP contribution in [0.1, 0.15) is 31.2 Å². The van der Waals surface area contributed by atoms with E-state index in [2.05, 4.69) is 32.8 Å². The van der Waals surface area contributed by atoms with Crippen molar-refractivity contribution in [2.75, 3.05) is 38.0 Å². The number of piperidine rings is 1. The van der Waals surface area contributed by atoms with E-state index in [-0.39, 0.29) is 6.03 Å². The second-order valence-corrected chi connectivity index (χ2v) is 6.19. The summed E-state index contributed by atoms with van der Waals surface area (Å²) in [6, 6.07) is 4.25. The van der Waals surface area contributed by atoms with Gasteiger partial charge in [0.25, 0.3) is 0 Å². The van der Waals surface area contributed by atoms with E-state index in [1.165, 1.54) is 12.8 Å². The largest absolute Gasteiger partial charge is 0.337 e. The third-order valence-electron chi connectivity index (χ3n) is 4.13. The van der Waals surface area contributed by atoms with E-state index >= 15 is 0 Å². The SMILES string of the molecule is CCNC1CCN(CCNC(=O)Nc2cc(C)nc(C)c2)CC1. The van der Waals surface area contributed by atoms with Gasteiger partial charge in [0.2, 0.25) is 0 Å². The zero-order valence-corrected chi connectivity index (χ0v) is 14.5. The molecule has 128 valence electrons. The van der Waals surface area contributed by atoms with Crippen LogP contribution in [0.25, 0.3) is 0 Å². The Morgan fingerprint density at radius 3 is 2.52 bits per heavy atom. The van der Waals surface area contributed by atoms with Crippen LogP contribution in [0.3, 0.4) is 0 Å². The molecule has 1 aromatic heterocycles. The molecule has 0 spiro atoms. The van der Waals surface area contributed by atoms with E-state index in [0.717, 1.165) is 43.3 Å².